The fraction of sp³-hybridized carbons (Fsp3) is 0.224. The van der Waals surface area contributed by atoms with Crippen molar-refractivity contribution in [1.82, 2.24) is 0 Å². The summed E-state index contributed by atoms with van der Waals surface area (Å²) in [5.41, 5.74) is 5.78. The molecule has 0 bridgehead atoms. The molecule has 1 aliphatic heterocycles. The van der Waals surface area contributed by atoms with Gasteiger partial charge in [-0.2, -0.15) is 0 Å². The Hall–Kier alpha value is -5.57. The Morgan fingerprint density at radius 3 is 1.57 bits per heavy atom. The lowest BCUT2D eigenvalue weighted by Crippen LogP contribution is -2.60. The molecular formula is C49H47NO7S. The van der Waals surface area contributed by atoms with Crippen molar-refractivity contribution in [2.24, 2.45) is 0 Å². The van der Waals surface area contributed by atoms with Crippen molar-refractivity contribution in [3.63, 3.8) is 0 Å². The fourth-order valence-corrected chi connectivity index (χ4v) is 7.74. The Labute approximate surface area is 341 Å². The van der Waals surface area contributed by atoms with Crippen LogP contribution in [0.4, 0.5) is 5.69 Å². The highest BCUT2D eigenvalue weighted by molar-refractivity contribution is 7.92. The molecule has 1 heterocycles. The molecule has 0 aliphatic carbocycles. The zero-order chi connectivity index (χ0) is 40.0. The number of nitrogens with one attached hydrogen (secondary N) is 1. The molecule has 58 heavy (non-hydrogen) atoms. The quantitative estimate of drug-likeness (QED) is 0.0980. The van der Waals surface area contributed by atoms with Crippen LogP contribution in [0.1, 0.15) is 33.4 Å². The first kappa shape index (κ1) is 40.6. The van der Waals surface area contributed by atoms with Crippen LogP contribution >= 0.6 is 0 Å². The van der Waals surface area contributed by atoms with Crippen LogP contribution in [-0.2, 0) is 60.1 Å². The van der Waals surface area contributed by atoms with Gasteiger partial charge in [0.15, 0.2) is 0 Å². The van der Waals surface area contributed by atoms with Crippen LogP contribution in [0.25, 0.3) is 0 Å². The van der Waals surface area contributed by atoms with Gasteiger partial charge >= 0.3 is 0 Å². The van der Waals surface area contributed by atoms with E-state index in [1.807, 2.05) is 134 Å². The minimum absolute atomic E-state index is 0.157. The maximum Gasteiger partial charge on any atom is 0.261 e. The van der Waals surface area contributed by atoms with Crippen molar-refractivity contribution in [3.8, 4) is 11.8 Å². The van der Waals surface area contributed by atoms with Crippen molar-refractivity contribution < 1.29 is 32.1 Å². The van der Waals surface area contributed by atoms with E-state index in [9.17, 15) is 8.42 Å². The van der Waals surface area contributed by atoms with E-state index in [1.165, 1.54) is 0 Å². The van der Waals surface area contributed by atoms with Crippen LogP contribution in [0.15, 0.2) is 175 Å². The van der Waals surface area contributed by atoms with Crippen molar-refractivity contribution in [1.29, 1.82) is 0 Å². The van der Waals surface area contributed by atoms with Gasteiger partial charge in [0.25, 0.3) is 10.0 Å². The molecule has 0 amide bonds. The minimum Gasteiger partial charge on any atom is -0.374 e. The molecule has 296 valence electrons. The number of para-hydroxylation sites is 1. The molecule has 0 unspecified atom stereocenters. The lowest BCUT2D eigenvalue weighted by Gasteiger charge is -2.45. The number of benzene rings is 6. The Bertz CT molecular complexity index is 2330. The first-order valence-corrected chi connectivity index (χ1v) is 20.8. The van der Waals surface area contributed by atoms with Gasteiger partial charge in [-0.25, -0.2) is 8.42 Å². The lowest BCUT2D eigenvalue weighted by atomic mass is 9.93. The number of ether oxygens (including phenoxy) is 5. The second kappa shape index (κ2) is 20.2. The molecule has 7 rings (SSSR count). The number of hydrogen-bond acceptors (Lipinski definition) is 7. The normalized spacial score (nSPS) is 19.2. The van der Waals surface area contributed by atoms with Crippen LogP contribution in [0, 0.1) is 18.8 Å². The summed E-state index contributed by atoms with van der Waals surface area (Å²) in [5.74, 6) is 6.58. The largest absolute Gasteiger partial charge is 0.374 e. The SMILES string of the molecule is Cc1ccc(S(=O)(=O)Nc2ccccc2C#C[C@@H]2O[C@H](COCc3ccccc3)[C@H](OCc3ccccc3)[C@H](OCc3ccccc3)[C@H]2OCc2ccccc2)cc1. The third-order valence-corrected chi connectivity index (χ3v) is 11.1. The second-order valence-corrected chi connectivity index (χ2v) is 15.8. The van der Waals surface area contributed by atoms with Crippen LogP contribution in [0.5, 0.6) is 0 Å². The summed E-state index contributed by atoms with van der Waals surface area (Å²) in [6.07, 6.45) is -3.43. The average molecular weight is 794 g/mol. The molecule has 1 aliphatic rings. The summed E-state index contributed by atoms with van der Waals surface area (Å²) in [6.45, 7) is 3.35. The van der Waals surface area contributed by atoms with E-state index in [1.54, 1.807) is 42.5 Å². The highest BCUT2D eigenvalue weighted by Gasteiger charge is 2.48. The number of rotatable bonds is 16. The van der Waals surface area contributed by atoms with E-state index < -0.39 is 40.5 Å². The summed E-state index contributed by atoms with van der Waals surface area (Å²) >= 11 is 0. The smallest absolute Gasteiger partial charge is 0.261 e. The van der Waals surface area contributed by atoms with Gasteiger partial charge in [-0.05, 0) is 53.4 Å². The number of sulfonamides is 1. The molecule has 1 fully saturated rings. The minimum atomic E-state index is -3.89. The number of anilines is 1. The van der Waals surface area contributed by atoms with E-state index in [4.69, 9.17) is 23.7 Å². The Kier molecular flexibility index (Phi) is 14.2. The van der Waals surface area contributed by atoms with Gasteiger partial charge in [0.2, 0.25) is 0 Å². The molecule has 5 atom stereocenters. The summed E-state index contributed by atoms with van der Waals surface area (Å²) in [6, 6.07) is 53.6. The van der Waals surface area contributed by atoms with Crippen molar-refractivity contribution in [2.75, 3.05) is 11.3 Å². The van der Waals surface area contributed by atoms with E-state index in [0.717, 1.165) is 27.8 Å². The van der Waals surface area contributed by atoms with E-state index >= 15 is 0 Å². The monoisotopic (exact) mass is 793 g/mol. The third-order valence-electron chi connectivity index (χ3n) is 9.74. The summed E-state index contributed by atoms with van der Waals surface area (Å²) in [4.78, 5) is 0.157. The van der Waals surface area contributed by atoms with Crippen LogP contribution < -0.4 is 4.72 Å². The number of hydrogen-bond donors (Lipinski definition) is 1. The van der Waals surface area contributed by atoms with Crippen molar-refractivity contribution in [3.05, 3.63) is 203 Å². The fourth-order valence-electron chi connectivity index (χ4n) is 6.66. The summed E-state index contributed by atoms with van der Waals surface area (Å²) in [5, 5.41) is 0. The first-order valence-electron chi connectivity index (χ1n) is 19.3. The van der Waals surface area contributed by atoms with E-state index in [2.05, 4.69) is 16.6 Å². The first-order chi connectivity index (χ1) is 28.4. The van der Waals surface area contributed by atoms with Crippen LogP contribution in [-0.4, -0.2) is 45.5 Å². The third kappa shape index (κ3) is 11.3. The molecule has 0 radical (unpaired) electrons. The van der Waals surface area contributed by atoms with E-state index in [0.29, 0.717) is 31.1 Å². The molecule has 1 N–H and O–H groups in total. The zero-order valence-electron chi connectivity index (χ0n) is 32.4. The van der Waals surface area contributed by atoms with Crippen molar-refractivity contribution >= 4 is 15.7 Å². The average Bonchev–Trinajstić information content (AvgIpc) is 3.26. The van der Waals surface area contributed by atoms with Gasteiger partial charge in [-0.3, -0.25) is 4.72 Å². The zero-order valence-corrected chi connectivity index (χ0v) is 33.2. The van der Waals surface area contributed by atoms with Gasteiger partial charge in [-0.1, -0.05) is 163 Å². The summed E-state index contributed by atoms with van der Waals surface area (Å²) in [7, 11) is -3.89. The van der Waals surface area contributed by atoms with Gasteiger partial charge in [0.05, 0.1) is 43.6 Å². The number of aryl methyl sites for hydroxylation is 1. The van der Waals surface area contributed by atoms with Gasteiger partial charge in [0, 0.05) is 5.56 Å². The predicted molar refractivity (Wildman–Crippen MR) is 225 cm³/mol. The Balaban J connectivity index is 1.24. The molecule has 9 heteroatoms. The van der Waals surface area contributed by atoms with Crippen LogP contribution in [0.3, 0.4) is 0 Å². The lowest BCUT2D eigenvalue weighted by molar-refractivity contribution is -0.261. The standard InChI is InChI=1S/C49H47NO7S/c1-37-26-29-43(30-27-37)58(51,52)50-44-25-15-14-24-42(44)28-31-45-47(54-33-39-18-8-3-9-19-39)49(56-35-41-22-12-5-13-23-41)48(55-34-40-20-10-4-11-21-40)46(57-45)36-53-32-38-16-6-2-7-17-38/h2-27,29-30,45-50H,32-36H2,1H3/t45-,46+,47-,48-,49+/m0/s1. The van der Waals surface area contributed by atoms with Crippen molar-refractivity contribution in [2.45, 2.75) is 68.8 Å². The molecule has 6 aromatic carbocycles. The highest BCUT2D eigenvalue weighted by Crippen LogP contribution is 2.31. The second-order valence-electron chi connectivity index (χ2n) is 14.1. The predicted octanol–water partition coefficient (Wildman–Crippen LogP) is 8.89. The molecule has 0 spiro atoms. The van der Waals surface area contributed by atoms with Gasteiger partial charge < -0.3 is 23.7 Å². The Morgan fingerprint density at radius 2 is 1.02 bits per heavy atom. The Morgan fingerprint density at radius 1 is 0.552 bits per heavy atom. The molecule has 6 aromatic rings. The highest BCUT2D eigenvalue weighted by atomic mass is 32.2. The van der Waals surface area contributed by atoms with Gasteiger partial charge in [0.1, 0.15) is 30.5 Å². The molecule has 0 aromatic heterocycles. The van der Waals surface area contributed by atoms with E-state index in [-0.39, 0.29) is 18.1 Å². The maximum atomic E-state index is 13.5. The molecule has 1 saturated heterocycles. The molecule has 8 nitrogen and oxygen atoms in total. The topological polar surface area (TPSA) is 92.3 Å². The van der Waals surface area contributed by atoms with Gasteiger partial charge in [-0.15, -0.1) is 0 Å². The molecular weight excluding hydrogens is 747 g/mol. The maximum absolute atomic E-state index is 13.5. The van der Waals surface area contributed by atoms with Crippen LogP contribution in [0.2, 0.25) is 0 Å². The molecule has 0 saturated carbocycles. The summed E-state index contributed by atoms with van der Waals surface area (Å²) < 4.78 is 63.3.